The van der Waals surface area contributed by atoms with Crippen LogP contribution in [-0.4, -0.2) is 57.5 Å². The highest BCUT2D eigenvalue weighted by Crippen LogP contribution is 2.39. The van der Waals surface area contributed by atoms with Crippen LogP contribution in [0.5, 0.6) is 0 Å². The van der Waals surface area contributed by atoms with Crippen LogP contribution in [0.4, 0.5) is 0 Å². The summed E-state index contributed by atoms with van der Waals surface area (Å²) in [5.74, 6) is 1.58. The summed E-state index contributed by atoms with van der Waals surface area (Å²) in [5.41, 5.74) is 0.337. The number of hydrogen-bond donors (Lipinski definition) is 1. The van der Waals surface area contributed by atoms with Crippen molar-refractivity contribution in [3.8, 4) is 0 Å². The van der Waals surface area contributed by atoms with Gasteiger partial charge in [0.25, 0.3) is 0 Å². The molecule has 0 aromatic heterocycles. The molecule has 4 nitrogen and oxygen atoms in total. The summed E-state index contributed by atoms with van der Waals surface area (Å²) in [4.78, 5) is 2.33. The summed E-state index contributed by atoms with van der Waals surface area (Å²) in [6.07, 6.45) is 5.97. The van der Waals surface area contributed by atoms with Gasteiger partial charge < -0.3 is 10.2 Å². The molecule has 1 aliphatic heterocycles. The zero-order valence-electron chi connectivity index (χ0n) is 13.9. The molecule has 1 N–H and O–H groups in total. The summed E-state index contributed by atoms with van der Waals surface area (Å²) in [6, 6.07) is 0.229. The lowest BCUT2D eigenvalue weighted by Crippen LogP contribution is -2.48. The Kier molecular flexibility index (Phi) is 5.71. The minimum Gasteiger partial charge on any atom is -0.316 e. The van der Waals surface area contributed by atoms with E-state index in [1.54, 1.807) is 0 Å². The quantitative estimate of drug-likeness (QED) is 0.813. The summed E-state index contributed by atoms with van der Waals surface area (Å²) < 4.78 is 23.4. The predicted octanol–water partition coefficient (Wildman–Crippen LogP) is 1.91. The van der Waals surface area contributed by atoms with Crippen LogP contribution < -0.4 is 5.32 Å². The summed E-state index contributed by atoms with van der Waals surface area (Å²) in [5, 5.41) is 3.54. The van der Waals surface area contributed by atoms with E-state index < -0.39 is 9.84 Å². The third-order valence-electron chi connectivity index (χ3n) is 5.50. The topological polar surface area (TPSA) is 49.4 Å². The zero-order valence-corrected chi connectivity index (χ0v) is 14.7. The third kappa shape index (κ3) is 4.67. The Balaban J connectivity index is 1.98. The second-order valence-corrected chi connectivity index (χ2v) is 9.66. The van der Waals surface area contributed by atoms with Gasteiger partial charge in [0.1, 0.15) is 0 Å². The minimum absolute atomic E-state index is 0.229. The lowest BCUT2D eigenvalue weighted by atomic mass is 9.70. The van der Waals surface area contributed by atoms with Gasteiger partial charge in [-0.05, 0) is 44.2 Å². The minimum atomic E-state index is -2.78. The molecule has 0 aromatic carbocycles. The van der Waals surface area contributed by atoms with Gasteiger partial charge >= 0.3 is 0 Å². The van der Waals surface area contributed by atoms with Crippen LogP contribution in [0.25, 0.3) is 0 Å². The monoisotopic (exact) mass is 316 g/mol. The number of nitrogens with zero attached hydrogens (tertiary/aromatic N) is 1. The molecule has 0 aromatic rings. The molecule has 2 aliphatic rings. The Morgan fingerprint density at radius 1 is 1.24 bits per heavy atom. The molecular weight excluding hydrogens is 284 g/mol. The van der Waals surface area contributed by atoms with E-state index in [4.69, 9.17) is 0 Å². The molecule has 124 valence electrons. The van der Waals surface area contributed by atoms with Crippen molar-refractivity contribution in [1.82, 2.24) is 10.2 Å². The normalized spacial score (nSPS) is 36.2. The molecule has 21 heavy (non-hydrogen) atoms. The molecule has 1 aliphatic carbocycles. The highest BCUT2D eigenvalue weighted by Gasteiger charge is 2.38. The number of rotatable bonds is 6. The van der Waals surface area contributed by atoms with E-state index in [2.05, 4.69) is 31.1 Å². The lowest BCUT2D eigenvalue weighted by Gasteiger charge is -2.43. The molecule has 0 spiro atoms. The first kappa shape index (κ1) is 17.2. The van der Waals surface area contributed by atoms with Crippen LogP contribution in [0, 0.1) is 11.3 Å². The van der Waals surface area contributed by atoms with Crippen LogP contribution in [0.2, 0.25) is 0 Å². The third-order valence-corrected chi connectivity index (χ3v) is 7.25. The molecular formula is C16H32N2O2S. The molecule has 1 saturated heterocycles. The van der Waals surface area contributed by atoms with Crippen molar-refractivity contribution in [2.45, 2.75) is 52.0 Å². The highest BCUT2D eigenvalue weighted by molar-refractivity contribution is 7.91. The van der Waals surface area contributed by atoms with Crippen molar-refractivity contribution in [3.63, 3.8) is 0 Å². The fourth-order valence-corrected chi connectivity index (χ4v) is 5.74. The molecule has 0 amide bonds. The maximum atomic E-state index is 11.7. The van der Waals surface area contributed by atoms with Crippen molar-refractivity contribution >= 4 is 9.84 Å². The SMILES string of the molecule is CCNCC1(CN(C)C2CCS(=O)(=O)C2)CCC(C)CC1. The summed E-state index contributed by atoms with van der Waals surface area (Å²) in [6.45, 7) is 7.63. The largest absolute Gasteiger partial charge is 0.316 e. The number of hydrogen-bond acceptors (Lipinski definition) is 4. The van der Waals surface area contributed by atoms with Gasteiger partial charge in [-0.15, -0.1) is 0 Å². The molecule has 1 unspecified atom stereocenters. The Hall–Kier alpha value is -0.130. The predicted molar refractivity (Wildman–Crippen MR) is 88.3 cm³/mol. The lowest BCUT2D eigenvalue weighted by molar-refractivity contribution is 0.0839. The summed E-state index contributed by atoms with van der Waals surface area (Å²) >= 11 is 0. The van der Waals surface area contributed by atoms with E-state index >= 15 is 0 Å². The first-order chi connectivity index (χ1) is 9.86. The van der Waals surface area contributed by atoms with Crippen molar-refractivity contribution in [2.75, 3.05) is 38.2 Å². The van der Waals surface area contributed by atoms with Gasteiger partial charge in [-0.1, -0.05) is 26.7 Å². The van der Waals surface area contributed by atoms with Crippen LogP contribution >= 0.6 is 0 Å². The fourth-order valence-electron chi connectivity index (χ4n) is 3.94. The average Bonchev–Trinajstić information content (AvgIpc) is 2.80. The molecule has 1 heterocycles. The van der Waals surface area contributed by atoms with Gasteiger partial charge in [0.05, 0.1) is 11.5 Å². The molecule has 0 radical (unpaired) electrons. The van der Waals surface area contributed by atoms with Crippen molar-refractivity contribution in [2.24, 2.45) is 11.3 Å². The molecule has 0 bridgehead atoms. The zero-order chi connectivity index (χ0) is 15.5. The van der Waals surface area contributed by atoms with Gasteiger partial charge in [-0.25, -0.2) is 8.42 Å². The van der Waals surface area contributed by atoms with Gasteiger partial charge in [0.2, 0.25) is 0 Å². The first-order valence-electron chi connectivity index (χ1n) is 8.47. The van der Waals surface area contributed by atoms with E-state index in [0.717, 1.165) is 32.0 Å². The van der Waals surface area contributed by atoms with Gasteiger partial charge in [0.15, 0.2) is 9.84 Å². The van der Waals surface area contributed by atoms with Crippen molar-refractivity contribution in [1.29, 1.82) is 0 Å². The van der Waals surface area contributed by atoms with Crippen LogP contribution in [0.1, 0.15) is 46.0 Å². The maximum absolute atomic E-state index is 11.7. The van der Waals surface area contributed by atoms with E-state index in [1.807, 2.05) is 0 Å². The fraction of sp³-hybridized carbons (Fsp3) is 1.00. The number of sulfone groups is 1. The number of nitrogens with one attached hydrogen (secondary N) is 1. The standard InChI is InChI=1S/C16H32N2O2S/c1-4-17-12-16(8-5-14(2)6-9-16)13-18(3)15-7-10-21(19,20)11-15/h14-15,17H,4-13H2,1-3H3. The van der Waals surface area contributed by atoms with E-state index in [-0.39, 0.29) is 6.04 Å². The molecule has 5 heteroatoms. The van der Waals surface area contributed by atoms with Crippen molar-refractivity contribution in [3.05, 3.63) is 0 Å². The molecule has 1 saturated carbocycles. The van der Waals surface area contributed by atoms with E-state index in [9.17, 15) is 8.42 Å². The first-order valence-corrected chi connectivity index (χ1v) is 10.3. The molecule has 2 rings (SSSR count). The Labute approximate surface area is 130 Å². The van der Waals surface area contributed by atoms with Crippen molar-refractivity contribution < 1.29 is 8.42 Å². The Morgan fingerprint density at radius 2 is 1.90 bits per heavy atom. The highest BCUT2D eigenvalue weighted by atomic mass is 32.2. The average molecular weight is 317 g/mol. The van der Waals surface area contributed by atoms with Gasteiger partial charge in [-0.3, -0.25) is 0 Å². The Morgan fingerprint density at radius 3 is 2.43 bits per heavy atom. The van der Waals surface area contributed by atoms with Crippen LogP contribution in [0.15, 0.2) is 0 Å². The van der Waals surface area contributed by atoms with E-state index in [1.165, 1.54) is 25.7 Å². The van der Waals surface area contributed by atoms with Gasteiger partial charge in [-0.2, -0.15) is 0 Å². The smallest absolute Gasteiger partial charge is 0.151 e. The van der Waals surface area contributed by atoms with Crippen LogP contribution in [-0.2, 0) is 9.84 Å². The van der Waals surface area contributed by atoms with E-state index in [0.29, 0.717) is 16.9 Å². The Bertz CT molecular complexity index is 422. The van der Waals surface area contributed by atoms with Crippen LogP contribution in [0.3, 0.4) is 0 Å². The molecule has 2 fully saturated rings. The maximum Gasteiger partial charge on any atom is 0.151 e. The second kappa shape index (κ2) is 6.97. The molecule has 1 atom stereocenters. The van der Waals surface area contributed by atoms with Gasteiger partial charge in [0, 0.05) is 19.1 Å². The second-order valence-electron chi connectivity index (χ2n) is 7.43. The summed E-state index contributed by atoms with van der Waals surface area (Å²) in [7, 11) is -0.662.